The van der Waals surface area contributed by atoms with Crippen LogP contribution >= 0.6 is 0 Å². The van der Waals surface area contributed by atoms with Crippen molar-refractivity contribution in [1.29, 1.82) is 0 Å². The number of carbonyl (C=O) groups excluding carboxylic acids is 2. The molecule has 3 aromatic rings. The van der Waals surface area contributed by atoms with Crippen LogP contribution in [0.15, 0.2) is 48.7 Å². The van der Waals surface area contributed by atoms with Gasteiger partial charge in [0, 0.05) is 88.6 Å². The van der Waals surface area contributed by atoms with Gasteiger partial charge < -0.3 is 14.7 Å². The number of likely N-dealkylation sites (tertiary alicyclic amines) is 1. The Bertz CT molecular complexity index is 1540. The first-order valence-electron chi connectivity index (χ1n) is 15.8. The molecule has 2 saturated heterocycles. The van der Waals surface area contributed by atoms with E-state index in [4.69, 9.17) is 4.98 Å². The molecule has 5 heterocycles. The van der Waals surface area contributed by atoms with Crippen LogP contribution in [0, 0.1) is 0 Å². The Hall–Kier alpha value is -3.77. The number of piperidine rings is 1. The molecule has 0 unspecified atom stereocenters. The van der Waals surface area contributed by atoms with E-state index in [-0.39, 0.29) is 12.5 Å². The number of likely N-dealkylation sites (N-methyl/N-ethyl adjacent to an activating group) is 1. The van der Waals surface area contributed by atoms with Gasteiger partial charge in [-0.25, -0.2) is 9.50 Å². The summed E-state index contributed by atoms with van der Waals surface area (Å²) in [6.45, 7) is 6.63. The van der Waals surface area contributed by atoms with Crippen molar-refractivity contribution in [1.82, 2.24) is 34.2 Å². The number of carbonyl (C=O) groups is 2. The van der Waals surface area contributed by atoms with Crippen LogP contribution in [-0.2, 0) is 11.2 Å². The molecule has 2 fully saturated rings. The molecular weight excluding hydrogens is 583 g/mol. The maximum Gasteiger partial charge on any atom is 0.389 e. The summed E-state index contributed by atoms with van der Waals surface area (Å²) >= 11 is 0. The van der Waals surface area contributed by atoms with Gasteiger partial charge in [-0.15, -0.1) is 0 Å². The van der Waals surface area contributed by atoms with E-state index < -0.39 is 24.9 Å². The number of hydrogen-bond acceptors (Lipinski definition) is 6. The standard InChI is InChI=1S/C33H40F3N7O2/c1-39-19-21-40(22-20-39)27-11-17-42(18-12-27)32(45)26-6-4-24(5-7-26)23-29-37-31-28(3-2-14-43(31)38-29)25-9-15-41(16-10-25)30(44)8-13-33(34,35)36/h2-7,9,14,27H,8,10-13,15-23H2,1H3. The lowest BCUT2D eigenvalue weighted by Gasteiger charge is -2.42. The van der Waals surface area contributed by atoms with E-state index in [2.05, 4.69) is 21.9 Å². The number of nitrogens with zero attached hydrogens (tertiary/aromatic N) is 7. The van der Waals surface area contributed by atoms with Gasteiger partial charge in [0.2, 0.25) is 5.91 Å². The summed E-state index contributed by atoms with van der Waals surface area (Å²) in [5.41, 5.74) is 4.29. The number of rotatable bonds is 7. The minimum atomic E-state index is -4.34. The Balaban J connectivity index is 1.05. The highest BCUT2D eigenvalue weighted by atomic mass is 19.4. The molecule has 0 aliphatic carbocycles. The monoisotopic (exact) mass is 623 g/mol. The number of halogens is 3. The van der Waals surface area contributed by atoms with Gasteiger partial charge in [-0.3, -0.25) is 14.5 Å². The largest absolute Gasteiger partial charge is 0.389 e. The lowest BCUT2D eigenvalue weighted by atomic mass is 10.00. The van der Waals surface area contributed by atoms with Crippen LogP contribution in [0.1, 0.15) is 59.4 Å². The maximum absolute atomic E-state index is 13.2. The Morgan fingerprint density at radius 1 is 0.933 bits per heavy atom. The molecule has 0 N–H and O–H groups in total. The topological polar surface area (TPSA) is 77.3 Å². The highest BCUT2D eigenvalue weighted by Crippen LogP contribution is 2.27. The second-order valence-corrected chi connectivity index (χ2v) is 12.4. The highest BCUT2D eigenvalue weighted by Gasteiger charge is 2.30. The van der Waals surface area contributed by atoms with Crippen LogP contribution in [-0.4, -0.2) is 118 Å². The zero-order valence-corrected chi connectivity index (χ0v) is 25.7. The van der Waals surface area contributed by atoms with E-state index in [1.165, 1.54) is 4.90 Å². The fraction of sp³-hybridized carbons (Fsp3) is 0.515. The molecule has 0 saturated carbocycles. The minimum Gasteiger partial charge on any atom is -0.339 e. The van der Waals surface area contributed by atoms with Crippen molar-refractivity contribution < 1.29 is 22.8 Å². The summed E-state index contributed by atoms with van der Waals surface area (Å²) in [5.74, 6) is 0.243. The summed E-state index contributed by atoms with van der Waals surface area (Å²) in [7, 11) is 2.17. The van der Waals surface area contributed by atoms with Crippen LogP contribution in [0.25, 0.3) is 11.2 Å². The number of piperazine rings is 1. The molecule has 6 rings (SSSR count). The van der Waals surface area contributed by atoms with Gasteiger partial charge in [-0.1, -0.05) is 18.2 Å². The lowest BCUT2D eigenvalue weighted by molar-refractivity contribution is -0.148. The Kier molecular flexibility index (Phi) is 9.23. The van der Waals surface area contributed by atoms with Crippen LogP contribution in [0.2, 0.25) is 0 Å². The van der Waals surface area contributed by atoms with Crippen LogP contribution in [0.4, 0.5) is 13.2 Å². The average molecular weight is 624 g/mol. The van der Waals surface area contributed by atoms with Crippen LogP contribution < -0.4 is 0 Å². The van der Waals surface area contributed by atoms with Gasteiger partial charge in [0.05, 0.1) is 6.42 Å². The molecule has 240 valence electrons. The fourth-order valence-corrected chi connectivity index (χ4v) is 6.57. The third kappa shape index (κ3) is 7.55. The third-order valence-corrected chi connectivity index (χ3v) is 9.31. The molecule has 0 spiro atoms. The van der Waals surface area contributed by atoms with E-state index >= 15 is 0 Å². The number of benzene rings is 1. The summed E-state index contributed by atoms with van der Waals surface area (Å²) < 4.78 is 39.3. The molecule has 12 heteroatoms. The van der Waals surface area contributed by atoms with E-state index in [0.717, 1.165) is 68.8 Å². The van der Waals surface area contributed by atoms with Gasteiger partial charge in [-0.2, -0.15) is 18.3 Å². The van der Waals surface area contributed by atoms with Crippen molar-refractivity contribution in [3.8, 4) is 0 Å². The first kappa shape index (κ1) is 31.2. The van der Waals surface area contributed by atoms with Gasteiger partial charge in [-0.05, 0) is 61.7 Å². The van der Waals surface area contributed by atoms with E-state index in [0.29, 0.717) is 42.5 Å². The zero-order chi connectivity index (χ0) is 31.6. The van der Waals surface area contributed by atoms with E-state index in [1.807, 2.05) is 53.6 Å². The van der Waals surface area contributed by atoms with Crippen molar-refractivity contribution >= 4 is 23.0 Å². The summed E-state index contributed by atoms with van der Waals surface area (Å²) in [5, 5.41) is 4.66. The molecule has 0 radical (unpaired) electrons. The van der Waals surface area contributed by atoms with Gasteiger partial charge >= 0.3 is 6.18 Å². The SMILES string of the molecule is CN1CCN(C2CCN(C(=O)c3ccc(Cc4nc5c(C6=CCN(C(=O)CCC(F)(F)F)CC6)cccn5n4)cc3)CC2)CC1. The second kappa shape index (κ2) is 13.3. The first-order chi connectivity index (χ1) is 21.6. The van der Waals surface area contributed by atoms with Crippen molar-refractivity contribution in [3.63, 3.8) is 0 Å². The Morgan fingerprint density at radius 2 is 1.67 bits per heavy atom. The minimum absolute atomic E-state index is 0.0789. The highest BCUT2D eigenvalue weighted by molar-refractivity contribution is 5.94. The zero-order valence-electron chi connectivity index (χ0n) is 25.7. The summed E-state index contributed by atoms with van der Waals surface area (Å²) in [6.07, 6.45) is 0.833. The third-order valence-electron chi connectivity index (χ3n) is 9.31. The smallest absolute Gasteiger partial charge is 0.339 e. The van der Waals surface area contributed by atoms with Gasteiger partial charge in [0.15, 0.2) is 11.5 Å². The molecule has 0 bridgehead atoms. The molecule has 3 aliphatic heterocycles. The van der Waals surface area contributed by atoms with Gasteiger partial charge in [0.1, 0.15) is 0 Å². The normalized spacial score (nSPS) is 19.2. The Labute approximate surface area is 261 Å². The number of hydrogen-bond donors (Lipinski definition) is 0. The predicted octanol–water partition coefficient (Wildman–Crippen LogP) is 4.13. The number of fused-ring (bicyclic) bond motifs is 1. The number of alkyl halides is 3. The second-order valence-electron chi connectivity index (χ2n) is 12.4. The quantitative estimate of drug-likeness (QED) is 0.394. The van der Waals surface area contributed by atoms with Crippen molar-refractivity contribution in [2.75, 3.05) is 59.4 Å². The van der Waals surface area contributed by atoms with E-state index in [1.54, 1.807) is 4.52 Å². The predicted molar refractivity (Wildman–Crippen MR) is 165 cm³/mol. The average Bonchev–Trinajstić information content (AvgIpc) is 3.46. The summed E-state index contributed by atoms with van der Waals surface area (Å²) in [6, 6.07) is 12.1. The molecule has 2 amide bonds. The van der Waals surface area contributed by atoms with Crippen LogP contribution in [0.3, 0.4) is 0 Å². The molecule has 2 aromatic heterocycles. The van der Waals surface area contributed by atoms with Crippen molar-refractivity contribution in [2.24, 2.45) is 0 Å². The Morgan fingerprint density at radius 3 is 2.33 bits per heavy atom. The molecule has 45 heavy (non-hydrogen) atoms. The molecule has 0 atom stereocenters. The molecular formula is C33H40F3N7O2. The molecule has 1 aromatic carbocycles. The fourth-order valence-electron chi connectivity index (χ4n) is 6.57. The number of amides is 2. The maximum atomic E-state index is 13.2. The van der Waals surface area contributed by atoms with Gasteiger partial charge in [0.25, 0.3) is 5.91 Å². The van der Waals surface area contributed by atoms with Crippen molar-refractivity contribution in [2.45, 2.75) is 50.7 Å². The first-order valence-corrected chi connectivity index (χ1v) is 15.8. The molecule has 9 nitrogen and oxygen atoms in total. The molecule has 3 aliphatic rings. The lowest BCUT2D eigenvalue weighted by Crippen LogP contribution is -2.52. The van der Waals surface area contributed by atoms with E-state index in [9.17, 15) is 22.8 Å². The van der Waals surface area contributed by atoms with Crippen molar-refractivity contribution in [3.05, 3.63) is 71.2 Å². The number of pyridine rings is 1. The number of aromatic nitrogens is 3. The van der Waals surface area contributed by atoms with Crippen LogP contribution in [0.5, 0.6) is 0 Å². The summed E-state index contributed by atoms with van der Waals surface area (Å²) in [4.78, 5) is 38.7.